The number of aryl methyl sites for hydroxylation is 2. The maximum absolute atomic E-state index is 2.21. The van der Waals surface area contributed by atoms with Crippen molar-refractivity contribution in [2.24, 2.45) is 0 Å². The van der Waals surface area contributed by atoms with Crippen molar-refractivity contribution in [1.82, 2.24) is 4.40 Å². The summed E-state index contributed by atoms with van der Waals surface area (Å²) in [4.78, 5) is 0. The number of fused-ring (bicyclic) bond motifs is 1. The first-order valence-electron chi connectivity index (χ1n) is 4.38. The third-order valence-electron chi connectivity index (χ3n) is 2.43. The smallest absolute Gasteiger partial charge is 0.0481 e. The van der Waals surface area contributed by atoms with Crippen LogP contribution in [0.2, 0.25) is 0 Å². The van der Waals surface area contributed by atoms with Gasteiger partial charge in [-0.05, 0) is 36.6 Å². The predicted molar refractivity (Wildman–Crippen MR) is 51.5 cm³/mol. The molecule has 0 aliphatic heterocycles. The van der Waals surface area contributed by atoms with E-state index in [4.69, 9.17) is 0 Å². The van der Waals surface area contributed by atoms with Gasteiger partial charge in [0.15, 0.2) is 0 Å². The zero-order valence-electron chi connectivity index (χ0n) is 7.54. The fourth-order valence-corrected chi connectivity index (χ4v) is 1.67. The molecule has 0 unspecified atom stereocenters. The lowest BCUT2D eigenvalue weighted by atomic mass is 10.1. The number of pyridine rings is 1. The van der Waals surface area contributed by atoms with Crippen molar-refractivity contribution < 1.29 is 0 Å². The molecule has 1 heteroatoms. The average molecular weight is 159 g/mol. The normalized spacial score (nSPS) is 10.8. The second-order valence-corrected chi connectivity index (χ2v) is 3.13. The Hall–Kier alpha value is -1.24. The van der Waals surface area contributed by atoms with E-state index in [1.165, 1.54) is 16.6 Å². The lowest BCUT2D eigenvalue weighted by Crippen LogP contribution is -1.78. The highest BCUT2D eigenvalue weighted by Crippen LogP contribution is 2.17. The van der Waals surface area contributed by atoms with Crippen LogP contribution in [0.3, 0.4) is 0 Å². The van der Waals surface area contributed by atoms with Crippen LogP contribution in [0.4, 0.5) is 0 Å². The Kier molecular flexibility index (Phi) is 1.65. The first-order valence-corrected chi connectivity index (χ1v) is 4.38. The molecule has 1 nitrogen and oxygen atoms in total. The van der Waals surface area contributed by atoms with Crippen LogP contribution in [0.5, 0.6) is 0 Å². The van der Waals surface area contributed by atoms with Crippen molar-refractivity contribution in [1.29, 1.82) is 0 Å². The maximum Gasteiger partial charge on any atom is 0.0481 e. The second-order valence-electron chi connectivity index (χ2n) is 3.13. The topological polar surface area (TPSA) is 4.41 Å². The Balaban J connectivity index is 2.78. The number of hydrogen-bond acceptors (Lipinski definition) is 0. The summed E-state index contributed by atoms with van der Waals surface area (Å²) in [6.45, 7) is 4.38. The highest BCUT2D eigenvalue weighted by molar-refractivity contribution is 5.58. The van der Waals surface area contributed by atoms with Gasteiger partial charge >= 0.3 is 0 Å². The van der Waals surface area contributed by atoms with Crippen molar-refractivity contribution in [3.63, 3.8) is 0 Å². The molecule has 0 spiro atoms. The molecule has 2 aromatic rings. The van der Waals surface area contributed by atoms with E-state index < -0.39 is 0 Å². The average Bonchev–Trinajstić information content (AvgIpc) is 2.44. The van der Waals surface area contributed by atoms with Crippen LogP contribution in [0.1, 0.15) is 18.1 Å². The molecule has 0 radical (unpaired) electrons. The van der Waals surface area contributed by atoms with E-state index in [1.54, 1.807) is 0 Å². The fraction of sp³-hybridized carbons (Fsp3) is 0.273. The van der Waals surface area contributed by atoms with Gasteiger partial charge in [0.25, 0.3) is 0 Å². The molecule has 0 saturated carbocycles. The minimum absolute atomic E-state index is 1.12. The largest absolute Gasteiger partial charge is 0.323 e. The Labute approximate surface area is 72.6 Å². The number of aromatic nitrogens is 1. The summed E-state index contributed by atoms with van der Waals surface area (Å²) in [5.41, 5.74) is 4.19. The van der Waals surface area contributed by atoms with Gasteiger partial charge in [0.1, 0.15) is 0 Å². The molecule has 0 bridgehead atoms. The van der Waals surface area contributed by atoms with Gasteiger partial charge in [-0.2, -0.15) is 0 Å². The van der Waals surface area contributed by atoms with Crippen molar-refractivity contribution in [2.75, 3.05) is 0 Å². The van der Waals surface area contributed by atoms with Crippen LogP contribution in [0, 0.1) is 6.92 Å². The van der Waals surface area contributed by atoms with E-state index in [0.717, 1.165) is 6.42 Å². The molecule has 0 amide bonds. The van der Waals surface area contributed by atoms with Crippen LogP contribution in [0.15, 0.2) is 30.6 Å². The number of rotatable bonds is 1. The molecule has 2 heterocycles. The highest BCUT2D eigenvalue weighted by atomic mass is 14.9. The minimum Gasteiger partial charge on any atom is -0.323 e. The molecule has 12 heavy (non-hydrogen) atoms. The van der Waals surface area contributed by atoms with E-state index >= 15 is 0 Å². The van der Waals surface area contributed by atoms with Gasteiger partial charge in [-0.3, -0.25) is 0 Å². The first kappa shape index (κ1) is 7.41. The van der Waals surface area contributed by atoms with Crippen LogP contribution >= 0.6 is 0 Å². The molecule has 62 valence electrons. The zero-order chi connectivity index (χ0) is 8.55. The molecule has 0 N–H and O–H groups in total. The van der Waals surface area contributed by atoms with E-state index in [0.29, 0.717) is 0 Å². The molecule has 0 aliphatic carbocycles. The quantitative estimate of drug-likeness (QED) is 0.602. The van der Waals surface area contributed by atoms with Gasteiger partial charge < -0.3 is 4.40 Å². The zero-order valence-corrected chi connectivity index (χ0v) is 7.54. The summed E-state index contributed by atoms with van der Waals surface area (Å²) in [7, 11) is 0. The van der Waals surface area contributed by atoms with Crippen LogP contribution < -0.4 is 0 Å². The Morgan fingerprint density at radius 1 is 1.33 bits per heavy atom. The van der Waals surface area contributed by atoms with Gasteiger partial charge in [-0.25, -0.2) is 0 Å². The summed E-state index contributed by atoms with van der Waals surface area (Å²) in [6, 6.07) is 6.31. The minimum atomic E-state index is 1.12. The predicted octanol–water partition coefficient (Wildman–Crippen LogP) is 2.81. The summed E-state index contributed by atoms with van der Waals surface area (Å²) < 4.78 is 2.19. The first-order chi connectivity index (χ1) is 5.83. The molecule has 2 rings (SSSR count). The SMILES string of the molecule is CCc1cn2ccccc2c1C. The number of nitrogens with zero attached hydrogens (tertiary/aromatic N) is 1. The summed E-state index contributed by atoms with van der Waals surface area (Å²) in [5, 5.41) is 0. The molecule has 0 aliphatic rings. The van der Waals surface area contributed by atoms with Crippen molar-refractivity contribution >= 4 is 5.52 Å². The van der Waals surface area contributed by atoms with Gasteiger partial charge in [0.05, 0.1) is 0 Å². The molecule has 0 aromatic carbocycles. The number of hydrogen-bond donors (Lipinski definition) is 0. The van der Waals surface area contributed by atoms with E-state index in [-0.39, 0.29) is 0 Å². The van der Waals surface area contributed by atoms with E-state index in [9.17, 15) is 0 Å². The lowest BCUT2D eigenvalue weighted by Gasteiger charge is -1.92. The van der Waals surface area contributed by atoms with Crippen LogP contribution in [-0.2, 0) is 6.42 Å². The van der Waals surface area contributed by atoms with Crippen molar-refractivity contribution in [3.05, 3.63) is 41.7 Å². The summed E-state index contributed by atoms with van der Waals surface area (Å²) in [6.07, 6.45) is 5.43. The van der Waals surface area contributed by atoms with Gasteiger partial charge in [-0.15, -0.1) is 0 Å². The van der Waals surface area contributed by atoms with Gasteiger partial charge in [-0.1, -0.05) is 13.0 Å². The van der Waals surface area contributed by atoms with E-state index in [2.05, 4.69) is 48.8 Å². The Bertz CT molecular complexity index is 398. The third kappa shape index (κ3) is 0.934. The molecular weight excluding hydrogens is 146 g/mol. The van der Waals surface area contributed by atoms with Gasteiger partial charge in [0.2, 0.25) is 0 Å². The third-order valence-corrected chi connectivity index (χ3v) is 2.43. The van der Waals surface area contributed by atoms with Crippen LogP contribution in [-0.4, -0.2) is 4.40 Å². The summed E-state index contributed by atoms with van der Waals surface area (Å²) >= 11 is 0. The Morgan fingerprint density at radius 2 is 2.17 bits per heavy atom. The Morgan fingerprint density at radius 3 is 2.83 bits per heavy atom. The maximum atomic E-state index is 2.21. The molecule has 2 aromatic heterocycles. The summed E-state index contributed by atoms with van der Waals surface area (Å²) in [5.74, 6) is 0. The van der Waals surface area contributed by atoms with Crippen LogP contribution in [0.25, 0.3) is 5.52 Å². The fourth-order valence-electron chi connectivity index (χ4n) is 1.67. The highest BCUT2D eigenvalue weighted by Gasteiger charge is 2.02. The van der Waals surface area contributed by atoms with E-state index in [1.807, 2.05) is 0 Å². The standard InChI is InChI=1S/C11H13N/c1-3-10-8-12-7-5-4-6-11(12)9(10)2/h4-8H,3H2,1-2H3. The molecular formula is C11H13N. The molecule has 0 atom stereocenters. The monoisotopic (exact) mass is 159 g/mol. The molecule has 0 saturated heterocycles. The van der Waals surface area contributed by atoms with Crippen molar-refractivity contribution in [3.8, 4) is 0 Å². The lowest BCUT2D eigenvalue weighted by molar-refractivity contribution is 1.10. The second kappa shape index (κ2) is 2.67. The molecule has 0 fully saturated rings. The van der Waals surface area contributed by atoms with Gasteiger partial charge in [0, 0.05) is 17.9 Å². The van der Waals surface area contributed by atoms with Crippen molar-refractivity contribution in [2.45, 2.75) is 20.3 Å².